The minimum atomic E-state index is -2.82. The van der Waals surface area contributed by atoms with E-state index < -0.39 is 123 Å². The molecule has 6 atom stereocenters. The molecule has 2 N–H and O–H groups in total. The van der Waals surface area contributed by atoms with Crippen molar-refractivity contribution in [2.75, 3.05) is 18.6 Å². The molecule has 248 valence electrons. The van der Waals surface area contributed by atoms with Crippen molar-refractivity contribution in [2.45, 2.75) is 34.9 Å². The molecule has 0 aromatic heterocycles. The molecule has 3 fully saturated rings. The molecule has 0 unspecified atom stereocenters. The molecular formula is C30H21Cl2F5N2O8. The summed E-state index contributed by atoms with van der Waals surface area (Å²) in [5, 5.41) is 20.3. The van der Waals surface area contributed by atoms with Crippen LogP contribution in [0.4, 0.5) is 27.6 Å². The van der Waals surface area contributed by atoms with Crippen molar-refractivity contribution in [2.24, 2.45) is 17.8 Å². The summed E-state index contributed by atoms with van der Waals surface area (Å²) in [4.78, 5) is 61.4. The fraction of sp³-hybridized carbons (Fsp3) is 0.367. The molecule has 1 saturated carbocycles. The summed E-state index contributed by atoms with van der Waals surface area (Å²) >= 11 is 14.0. The highest BCUT2D eigenvalue weighted by Gasteiger charge is 2.77. The van der Waals surface area contributed by atoms with E-state index in [0.29, 0.717) is 0 Å². The molecule has 4 amide bonds. The lowest BCUT2D eigenvalue weighted by Gasteiger charge is -2.50. The Morgan fingerprint density at radius 1 is 0.957 bits per heavy atom. The van der Waals surface area contributed by atoms with Crippen LogP contribution in [0.25, 0.3) is 0 Å². The number of phenols is 1. The average Bonchev–Trinajstić information content (AvgIpc) is 3.36. The number of carbonyl (C=O) groups is 5. The van der Waals surface area contributed by atoms with Gasteiger partial charge in [-0.05, 0) is 24.8 Å². The van der Waals surface area contributed by atoms with Crippen LogP contribution < -0.4 is 9.64 Å². The third-order valence-corrected chi connectivity index (χ3v) is 10.8. The second kappa shape index (κ2) is 10.9. The standard InChI is InChI=1S/C30H21Cl2F5N2O8/c1-47-14-4-2-3-12(24(14)42)17-10-5-6-11-16(26(44)38(25(11)43)8-7-15(40)41)13(10)9-29(31)27(45)39(28(46)30(17,29)32)23-21(36)19(34)18(33)20(35)22(23)37/h2-5,11,13,16-17,42H,6-9H2,1H3,(H,40,41)/t11-,13+,16-,17+,29+,30-/m0/s1. The number of anilines is 1. The number of rotatable bonds is 6. The van der Waals surface area contributed by atoms with Crippen LogP contribution in [0.1, 0.15) is 30.7 Å². The highest BCUT2D eigenvalue weighted by Crippen LogP contribution is 2.67. The molecule has 0 bridgehead atoms. The number of aliphatic carboxylic acids is 1. The van der Waals surface area contributed by atoms with Crippen molar-refractivity contribution < 1.29 is 60.9 Å². The van der Waals surface area contributed by atoms with Gasteiger partial charge >= 0.3 is 5.97 Å². The van der Waals surface area contributed by atoms with Crippen molar-refractivity contribution in [3.05, 3.63) is 64.5 Å². The molecule has 2 aliphatic carbocycles. The monoisotopic (exact) mass is 702 g/mol. The van der Waals surface area contributed by atoms with Gasteiger partial charge in [-0.2, -0.15) is 0 Å². The van der Waals surface area contributed by atoms with Gasteiger partial charge in [0.25, 0.3) is 11.8 Å². The Bertz CT molecular complexity index is 1830. The number of likely N-dealkylation sites (tertiary alicyclic amines) is 1. The van der Waals surface area contributed by atoms with E-state index >= 15 is 8.78 Å². The van der Waals surface area contributed by atoms with Crippen molar-refractivity contribution in [1.82, 2.24) is 4.90 Å². The Kier molecular flexibility index (Phi) is 7.59. The number of hydrogen-bond acceptors (Lipinski definition) is 7. The van der Waals surface area contributed by atoms with Crippen LogP contribution in [-0.4, -0.2) is 68.1 Å². The fourth-order valence-electron chi connectivity index (χ4n) is 7.34. The van der Waals surface area contributed by atoms with Crippen molar-refractivity contribution in [1.29, 1.82) is 0 Å². The van der Waals surface area contributed by atoms with Gasteiger partial charge in [-0.1, -0.05) is 23.8 Å². The smallest absolute Gasteiger partial charge is 0.305 e. The number of methoxy groups -OCH3 is 1. The number of phenolic OH excluding ortho intramolecular Hbond substituents is 1. The molecule has 10 nitrogen and oxygen atoms in total. The lowest BCUT2D eigenvalue weighted by Crippen LogP contribution is -2.60. The zero-order valence-corrected chi connectivity index (χ0v) is 25.3. The number of ether oxygens (including phenoxy) is 1. The number of fused-ring (bicyclic) bond motifs is 4. The van der Waals surface area contributed by atoms with Crippen LogP contribution in [-0.2, 0) is 24.0 Å². The summed E-state index contributed by atoms with van der Waals surface area (Å²) in [7, 11) is 1.19. The minimum absolute atomic E-state index is 0.114. The molecule has 4 aliphatic rings. The predicted octanol–water partition coefficient (Wildman–Crippen LogP) is 4.13. The molecule has 17 heteroatoms. The molecule has 2 aromatic carbocycles. The van der Waals surface area contributed by atoms with Gasteiger partial charge < -0.3 is 14.9 Å². The Labute approximate surface area is 271 Å². The van der Waals surface area contributed by atoms with E-state index in [-0.39, 0.29) is 28.2 Å². The van der Waals surface area contributed by atoms with Crippen LogP contribution in [0.2, 0.25) is 0 Å². The largest absolute Gasteiger partial charge is 0.504 e. The first-order valence-electron chi connectivity index (χ1n) is 14.0. The topological polar surface area (TPSA) is 142 Å². The Balaban J connectivity index is 1.58. The van der Waals surface area contributed by atoms with E-state index in [0.717, 1.165) is 4.90 Å². The first-order chi connectivity index (χ1) is 22.0. The molecule has 6 rings (SSSR count). The second-order valence-electron chi connectivity index (χ2n) is 11.6. The van der Waals surface area contributed by atoms with E-state index in [9.17, 15) is 42.3 Å². The number of alkyl halides is 2. The molecule has 2 aliphatic heterocycles. The molecule has 2 saturated heterocycles. The number of benzene rings is 2. The summed E-state index contributed by atoms with van der Waals surface area (Å²) in [5.41, 5.74) is -2.03. The van der Waals surface area contributed by atoms with Crippen LogP contribution >= 0.6 is 23.2 Å². The highest BCUT2D eigenvalue weighted by molar-refractivity contribution is 6.58. The molecule has 2 aromatic rings. The number of allylic oxidation sites excluding steroid dienone is 2. The Morgan fingerprint density at radius 3 is 2.17 bits per heavy atom. The van der Waals surface area contributed by atoms with Gasteiger partial charge in [-0.25, -0.2) is 26.9 Å². The number of carboxylic acid groups (broad SMARTS) is 1. The lowest BCUT2D eigenvalue weighted by atomic mass is 9.56. The van der Waals surface area contributed by atoms with Gasteiger partial charge in [0.2, 0.25) is 17.6 Å². The molecule has 2 heterocycles. The third kappa shape index (κ3) is 4.17. The van der Waals surface area contributed by atoms with Crippen LogP contribution in [0, 0.1) is 46.8 Å². The molecule has 0 spiro atoms. The average molecular weight is 703 g/mol. The minimum Gasteiger partial charge on any atom is -0.504 e. The van der Waals surface area contributed by atoms with E-state index in [4.69, 9.17) is 33.0 Å². The molecule has 0 radical (unpaired) electrons. The van der Waals surface area contributed by atoms with Gasteiger partial charge in [0, 0.05) is 18.0 Å². The Hall–Kier alpha value is -4.24. The highest BCUT2D eigenvalue weighted by atomic mass is 35.5. The van der Waals surface area contributed by atoms with Gasteiger partial charge in [-0.15, -0.1) is 23.2 Å². The first-order valence-corrected chi connectivity index (χ1v) is 14.7. The van der Waals surface area contributed by atoms with Gasteiger partial charge in [0.1, 0.15) is 5.69 Å². The zero-order chi connectivity index (χ0) is 34.5. The zero-order valence-electron chi connectivity index (χ0n) is 23.8. The normalized spacial score (nSPS) is 29.9. The van der Waals surface area contributed by atoms with Gasteiger partial charge in [0.15, 0.2) is 44.5 Å². The van der Waals surface area contributed by atoms with E-state index in [1.54, 1.807) is 0 Å². The van der Waals surface area contributed by atoms with Crippen LogP contribution in [0.3, 0.4) is 0 Å². The number of carboxylic acids is 1. The first kappa shape index (κ1) is 32.7. The Morgan fingerprint density at radius 2 is 1.57 bits per heavy atom. The molecular weight excluding hydrogens is 682 g/mol. The number of carbonyl (C=O) groups excluding carboxylic acids is 4. The van der Waals surface area contributed by atoms with E-state index in [1.165, 1.54) is 31.4 Å². The molecule has 47 heavy (non-hydrogen) atoms. The van der Waals surface area contributed by atoms with Crippen molar-refractivity contribution in [3.8, 4) is 11.5 Å². The number of nitrogens with zero attached hydrogens (tertiary/aromatic N) is 2. The van der Waals surface area contributed by atoms with Crippen LogP contribution in [0.5, 0.6) is 11.5 Å². The summed E-state index contributed by atoms with van der Waals surface area (Å²) in [5.74, 6) is -24.7. The summed E-state index contributed by atoms with van der Waals surface area (Å²) in [6.45, 7) is -0.473. The predicted molar refractivity (Wildman–Crippen MR) is 150 cm³/mol. The maximum atomic E-state index is 15.1. The van der Waals surface area contributed by atoms with Gasteiger partial charge in [0.05, 0.1) is 25.4 Å². The maximum Gasteiger partial charge on any atom is 0.305 e. The van der Waals surface area contributed by atoms with E-state index in [1.807, 2.05) is 0 Å². The van der Waals surface area contributed by atoms with Gasteiger partial charge in [-0.3, -0.25) is 28.9 Å². The number of halogens is 7. The fourth-order valence-corrected chi connectivity index (χ4v) is 8.27. The SMILES string of the molecule is COc1cccc([C@H]2C3=CC[C@@H]4C(=O)N(CCC(=O)O)C(=O)[C@@H]4[C@@H]3C[C@@]3(Cl)C(=O)N(c4c(F)c(F)c(F)c(F)c4F)C(=O)[C@@]23Cl)c1O. The lowest BCUT2D eigenvalue weighted by molar-refractivity contribution is -0.142. The van der Waals surface area contributed by atoms with Crippen molar-refractivity contribution >= 4 is 58.5 Å². The third-order valence-electron chi connectivity index (χ3n) is 9.42. The summed E-state index contributed by atoms with van der Waals surface area (Å²) < 4.78 is 78.0. The van der Waals surface area contributed by atoms with Crippen LogP contribution in [0.15, 0.2) is 29.8 Å². The maximum absolute atomic E-state index is 15.1. The summed E-state index contributed by atoms with van der Waals surface area (Å²) in [6.07, 6.45) is -0.0108. The number of amides is 4. The number of imide groups is 2. The number of para-hydroxylation sites is 1. The van der Waals surface area contributed by atoms with E-state index in [2.05, 4.69) is 0 Å². The second-order valence-corrected chi connectivity index (χ2v) is 12.8. The number of aromatic hydroxyl groups is 1. The summed E-state index contributed by atoms with van der Waals surface area (Å²) in [6, 6.07) is 3.95. The number of hydrogen-bond donors (Lipinski definition) is 2. The quantitative estimate of drug-likeness (QED) is 0.114. The van der Waals surface area contributed by atoms with Crippen molar-refractivity contribution in [3.63, 3.8) is 0 Å².